The second-order valence-electron chi connectivity index (χ2n) is 2.08. The van der Waals surface area contributed by atoms with Crippen LogP contribution in [0.3, 0.4) is 0 Å². The van der Waals surface area contributed by atoms with Crippen LogP contribution in [0.4, 0.5) is 0 Å². The highest BCUT2D eigenvalue weighted by Gasteiger charge is 2.01. The Morgan fingerprint density at radius 3 is 2.36 bits per heavy atom. The maximum atomic E-state index is 10.1. The van der Waals surface area contributed by atoms with Gasteiger partial charge in [-0.3, -0.25) is 4.55 Å². The normalized spacial score (nSPS) is 12.5. The van der Waals surface area contributed by atoms with Gasteiger partial charge in [0.15, 0.2) is 0 Å². The predicted octanol–water partition coefficient (Wildman–Crippen LogP) is 0.203. The zero-order chi connectivity index (χ0) is 8.74. The third-order valence-corrected chi connectivity index (χ3v) is 1.85. The van der Waals surface area contributed by atoms with E-state index in [1.165, 1.54) is 6.08 Å². The number of hydrogen-bond acceptors (Lipinski definition) is 3. The van der Waals surface area contributed by atoms with Gasteiger partial charge in [0.05, 0.1) is 12.4 Å². The third-order valence-electron chi connectivity index (χ3n) is 1.05. The molecule has 0 saturated carbocycles. The molecule has 0 amide bonds. The van der Waals surface area contributed by atoms with Crippen LogP contribution in [0, 0.1) is 0 Å². The molecule has 0 heterocycles. The van der Waals surface area contributed by atoms with Crippen molar-refractivity contribution in [3.05, 3.63) is 12.2 Å². The summed E-state index contributed by atoms with van der Waals surface area (Å²) in [6.45, 7) is -0.0358. The van der Waals surface area contributed by atoms with Crippen LogP contribution in [0.2, 0.25) is 0 Å². The van der Waals surface area contributed by atoms with E-state index >= 15 is 0 Å². The van der Waals surface area contributed by atoms with E-state index in [4.69, 9.17) is 9.66 Å². The summed E-state index contributed by atoms with van der Waals surface area (Å²) < 4.78 is 28.6. The molecule has 0 rings (SSSR count). The Morgan fingerprint density at radius 2 is 1.91 bits per heavy atom. The Kier molecular flexibility index (Phi) is 5.10. The summed E-state index contributed by atoms with van der Waals surface area (Å²) in [6, 6.07) is 0. The molecule has 4 nitrogen and oxygen atoms in total. The van der Waals surface area contributed by atoms with E-state index in [0.717, 1.165) is 0 Å². The number of rotatable bonds is 5. The van der Waals surface area contributed by atoms with E-state index < -0.39 is 10.1 Å². The largest absolute Gasteiger partial charge is 0.392 e. The zero-order valence-corrected chi connectivity index (χ0v) is 6.92. The lowest BCUT2D eigenvalue weighted by Crippen LogP contribution is -2.02. The summed E-state index contributed by atoms with van der Waals surface area (Å²) in [5, 5.41) is 8.27. The number of aliphatic hydroxyl groups excluding tert-OH is 1. The Balaban J connectivity index is 3.36. The lowest BCUT2D eigenvalue weighted by molar-refractivity contribution is 0.342. The van der Waals surface area contributed by atoms with Crippen LogP contribution < -0.4 is 0 Å². The van der Waals surface area contributed by atoms with Crippen LogP contribution in [0.15, 0.2) is 12.2 Å². The summed E-state index contributed by atoms with van der Waals surface area (Å²) in [7, 11) is -3.81. The van der Waals surface area contributed by atoms with Crippen LogP contribution in [0.25, 0.3) is 0 Å². The molecular formula is C6H12O4S. The van der Waals surface area contributed by atoms with Crippen molar-refractivity contribution in [2.45, 2.75) is 12.8 Å². The van der Waals surface area contributed by atoms with Crippen molar-refractivity contribution in [2.75, 3.05) is 12.4 Å². The molecule has 0 aliphatic heterocycles. The number of aliphatic hydroxyl groups is 1. The fourth-order valence-electron chi connectivity index (χ4n) is 0.576. The first-order chi connectivity index (χ1) is 5.06. The van der Waals surface area contributed by atoms with Gasteiger partial charge < -0.3 is 5.11 Å². The molecule has 0 bridgehead atoms. The molecular weight excluding hydrogens is 168 g/mol. The van der Waals surface area contributed by atoms with Gasteiger partial charge in [0.25, 0.3) is 10.1 Å². The second kappa shape index (κ2) is 5.29. The lowest BCUT2D eigenvalue weighted by atomic mass is 10.3. The van der Waals surface area contributed by atoms with Crippen molar-refractivity contribution >= 4 is 10.1 Å². The van der Waals surface area contributed by atoms with E-state index in [1.807, 2.05) is 0 Å². The monoisotopic (exact) mass is 180 g/mol. The first-order valence-electron chi connectivity index (χ1n) is 3.27. The molecule has 5 heteroatoms. The number of allylic oxidation sites excluding steroid dienone is 1. The molecule has 0 aromatic heterocycles. The molecule has 0 aliphatic carbocycles. The standard InChI is InChI=1S/C6H12O4S/c7-5-3-1-2-4-6-11(8,9)10/h1,3,7H,2,4-6H2,(H,8,9,10)/b3-1+. The highest BCUT2D eigenvalue weighted by molar-refractivity contribution is 7.85. The Morgan fingerprint density at radius 1 is 1.27 bits per heavy atom. The quantitative estimate of drug-likeness (QED) is 0.360. The molecule has 0 atom stereocenters. The second-order valence-corrected chi connectivity index (χ2v) is 3.65. The van der Waals surface area contributed by atoms with Gasteiger partial charge in [-0.05, 0) is 12.8 Å². The van der Waals surface area contributed by atoms with E-state index in [9.17, 15) is 8.42 Å². The summed E-state index contributed by atoms with van der Waals surface area (Å²) in [5.74, 6) is -0.219. The van der Waals surface area contributed by atoms with Gasteiger partial charge in [0.2, 0.25) is 0 Å². The number of hydrogen-bond donors (Lipinski definition) is 2. The van der Waals surface area contributed by atoms with Crippen LogP contribution in [-0.4, -0.2) is 30.4 Å². The Bertz CT molecular complexity index is 205. The Labute approximate surface area is 66.3 Å². The fraction of sp³-hybridized carbons (Fsp3) is 0.667. The summed E-state index contributed by atoms with van der Waals surface area (Å²) in [6.07, 6.45) is 4.14. The molecule has 0 saturated heterocycles. The molecule has 0 fully saturated rings. The van der Waals surface area contributed by atoms with Gasteiger partial charge >= 0.3 is 0 Å². The minimum absolute atomic E-state index is 0.0358. The van der Waals surface area contributed by atoms with E-state index in [-0.39, 0.29) is 12.4 Å². The van der Waals surface area contributed by atoms with Gasteiger partial charge in [0.1, 0.15) is 0 Å². The van der Waals surface area contributed by atoms with E-state index in [2.05, 4.69) is 0 Å². The lowest BCUT2D eigenvalue weighted by Gasteiger charge is -1.92. The van der Waals surface area contributed by atoms with Crippen molar-refractivity contribution in [3.8, 4) is 0 Å². The topological polar surface area (TPSA) is 74.6 Å². The molecule has 0 aliphatic rings. The van der Waals surface area contributed by atoms with E-state index in [0.29, 0.717) is 12.8 Å². The maximum Gasteiger partial charge on any atom is 0.264 e. The molecule has 2 N–H and O–H groups in total. The molecule has 0 radical (unpaired) electrons. The van der Waals surface area contributed by atoms with Gasteiger partial charge in [-0.1, -0.05) is 12.2 Å². The molecule has 11 heavy (non-hydrogen) atoms. The van der Waals surface area contributed by atoms with Crippen molar-refractivity contribution in [1.29, 1.82) is 0 Å². The minimum Gasteiger partial charge on any atom is -0.392 e. The van der Waals surface area contributed by atoms with Crippen molar-refractivity contribution in [3.63, 3.8) is 0 Å². The summed E-state index contributed by atoms with van der Waals surface area (Å²) in [4.78, 5) is 0. The summed E-state index contributed by atoms with van der Waals surface area (Å²) >= 11 is 0. The van der Waals surface area contributed by atoms with Crippen molar-refractivity contribution in [2.24, 2.45) is 0 Å². The van der Waals surface area contributed by atoms with Crippen LogP contribution in [0.5, 0.6) is 0 Å². The van der Waals surface area contributed by atoms with E-state index in [1.54, 1.807) is 6.08 Å². The van der Waals surface area contributed by atoms with Crippen LogP contribution in [-0.2, 0) is 10.1 Å². The molecule has 0 spiro atoms. The van der Waals surface area contributed by atoms with Gasteiger partial charge in [-0.2, -0.15) is 8.42 Å². The van der Waals surface area contributed by atoms with Crippen LogP contribution in [0.1, 0.15) is 12.8 Å². The average Bonchev–Trinajstić information content (AvgIpc) is 1.85. The van der Waals surface area contributed by atoms with Crippen LogP contribution >= 0.6 is 0 Å². The highest BCUT2D eigenvalue weighted by atomic mass is 32.2. The molecule has 0 aromatic carbocycles. The first-order valence-corrected chi connectivity index (χ1v) is 4.88. The number of unbranched alkanes of at least 4 members (excludes halogenated alkanes) is 1. The van der Waals surface area contributed by atoms with Gasteiger partial charge in [-0.25, -0.2) is 0 Å². The van der Waals surface area contributed by atoms with Crippen molar-refractivity contribution < 1.29 is 18.1 Å². The van der Waals surface area contributed by atoms with Crippen molar-refractivity contribution in [1.82, 2.24) is 0 Å². The molecule has 0 unspecified atom stereocenters. The highest BCUT2D eigenvalue weighted by Crippen LogP contribution is 1.94. The Hall–Kier alpha value is -0.390. The fourth-order valence-corrected chi connectivity index (χ4v) is 1.11. The van der Waals surface area contributed by atoms with Gasteiger partial charge in [-0.15, -0.1) is 0 Å². The smallest absolute Gasteiger partial charge is 0.264 e. The third kappa shape index (κ3) is 9.61. The predicted molar refractivity (Wildman–Crippen MR) is 41.9 cm³/mol. The summed E-state index contributed by atoms with van der Waals surface area (Å²) in [5.41, 5.74) is 0. The zero-order valence-electron chi connectivity index (χ0n) is 6.10. The molecule has 0 aromatic rings. The SMILES string of the molecule is O=S(=O)(O)CCC/C=C/CO. The molecule has 66 valence electrons. The first kappa shape index (κ1) is 10.6. The van der Waals surface area contributed by atoms with Gasteiger partial charge in [0, 0.05) is 0 Å². The minimum atomic E-state index is -3.81. The average molecular weight is 180 g/mol. The maximum absolute atomic E-state index is 10.1.